The summed E-state index contributed by atoms with van der Waals surface area (Å²) in [5, 5.41) is 3.51. The molecule has 1 aromatic heterocycles. The molecule has 1 aromatic rings. The lowest BCUT2D eigenvalue weighted by Gasteiger charge is -2.43. The van der Waals surface area contributed by atoms with Crippen molar-refractivity contribution in [3.05, 3.63) is 23.7 Å². The van der Waals surface area contributed by atoms with Crippen molar-refractivity contribution < 1.29 is 9.15 Å². The Morgan fingerprint density at radius 2 is 1.95 bits per heavy atom. The van der Waals surface area contributed by atoms with Gasteiger partial charge in [-0.2, -0.15) is 0 Å². The van der Waals surface area contributed by atoms with Gasteiger partial charge in [-0.3, -0.25) is 4.90 Å². The lowest BCUT2D eigenvalue weighted by atomic mass is 9.90. The lowest BCUT2D eigenvalue weighted by Crippen LogP contribution is -2.52. The van der Waals surface area contributed by atoms with Crippen molar-refractivity contribution >= 4 is 0 Å². The summed E-state index contributed by atoms with van der Waals surface area (Å²) in [6, 6.07) is 5.62. The Balaban J connectivity index is 1.35. The molecule has 1 saturated heterocycles. The first-order valence-corrected chi connectivity index (χ1v) is 8.55. The van der Waals surface area contributed by atoms with Gasteiger partial charge in [0.1, 0.15) is 11.5 Å². The lowest BCUT2D eigenvalue weighted by molar-refractivity contribution is -0.0927. The van der Waals surface area contributed by atoms with E-state index < -0.39 is 0 Å². The third-order valence-corrected chi connectivity index (χ3v) is 5.07. The van der Waals surface area contributed by atoms with Gasteiger partial charge in [0.15, 0.2) is 0 Å². The Labute approximate surface area is 126 Å². The van der Waals surface area contributed by atoms with Crippen LogP contribution in [0.3, 0.4) is 0 Å². The molecule has 2 atom stereocenters. The average Bonchev–Trinajstić information content (AvgIpc) is 3.25. The second-order valence-electron chi connectivity index (χ2n) is 6.75. The molecule has 4 heteroatoms. The first-order valence-electron chi connectivity index (χ1n) is 8.55. The predicted molar refractivity (Wildman–Crippen MR) is 81.0 cm³/mol. The maximum absolute atomic E-state index is 6.00. The smallest absolute Gasteiger partial charge is 0.118 e. The van der Waals surface area contributed by atoms with Gasteiger partial charge in [0.25, 0.3) is 0 Å². The van der Waals surface area contributed by atoms with E-state index in [2.05, 4.69) is 22.3 Å². The number of furan rings is 1. The van der Waals surface area contributed by atoms with Crippen molar-refractivity contribution in [2.24, 2.45) is 0 Å². The first kappa shape index (κ1) is 13.8. The molecule has 0 radical (unpaired) electrons. The second kappa shape index (κ2) is 6.11. The Hall–Kier alpha value is -0.840. The number of ether oxygens (including phenoxy) is 1. The Morgan fingerprint density at radius 3 is 2.86 bits per heavy atom. The van der Waals surface area contributed by atoms with Crippen molar-refractivity contribution in [3.8, 4) is 0 Å². The molecular formula is C17H26N2O2. The van der Waals surface area contributed by atoms with Gasteiger partial charge in [0, 0.05) is 18.6 Å². The minimum atomic E-state index is 0.457. The van der Waals surface area contributed by atoms with Crippen molar-refractivity contribution in [3.63, 3.8) is 0 Å². The summed E-state index contributed by atoms with van der Waals surface area (Å²) in [6.07, 6.45) is 8.28. The van der Waals surface area contributed by atoms with Gasteiger partial charge in [-0.25, -0.2) is 0 Å². The maximum Gasteiger partial charge on any atom is 0.118 e. The van der Waals surface area contributed by atoms with Crippen molar-refractivity contribution in [2.75, 3.05) is 13.2 Å². The fourth-order valence-electron chi connectivity index (χ4n) is 3.71. The summed E-state index contributed by atoms with van der Waals surface area (Å²) in [5.74, 6) is 2.18. The number of rotatable bonds is 5. The van der Waals surface area contributed by atoms with E-state index in [0.717, 1.165) is 43.8 Å². The second-order valence-corrected chi connectivity index (χ2v) is 6.75. The van der Waals surface area contributed by atoms with Gasteiger partial charge >= 0.3 is 0 Å². The van der Waals surface area contributed by atoms with E-state index in [0.29, 0.717) is 12.1 Å². The van der Waals surface area contributed by atoms with Crippen molar-refractivity contribution in [1.29, 1.82) is 0 Å². The zero-order valence-electron chi connectivity index (χ0n) is 12.7. The van der Waals surface area contributed by atoms with Gasteiger partial charge in [-0.15, -0.1) is 0 Å². The number of hydrogen-bond acceptors (Lipinski definition) is 4. The average molecular weight is 290 g/mol. The minimum Gasteiger partial charge on any atom is -0.463 e. The molecule has 21 heavy (non-hydrogen) atoms. The Morgan fingerprint density at radius 1 is 1.10 bits per heavy atom. The highest BCUT2D eigenvalue weighted by Crippen LogP contribution is 2.29. The molecule has 4 nitrogen and oxygen atoms in total. The van der Waals surface area contributed by atoms with E-state index in [1.807, 2.05) is 0 Å². The van der Waals surface area contributed by atoms with E-state index in [9.17, 15) is 0 Å². The topological polar surface area (TPSA) is 37.6 Å². The molecule has 0 bridgehead atoms. The molecule has 3 fully saturated rings. The summed E-state index contributed by atoms with van der Waals surface area (Å²) in [5.41, 5.74) is 0. The van der Waals surface area contributed by atoms with Crippen LogP contribution in [0.2, 0.25) is 0 Å². The minimum absolute atomic E-state index is 0.457. The van der Waals surface area contributed by atoms with Crippen LogP contribution in [0.25, 0.3) is 0 Å². The highest BCUT2D eigenvalue weighted by atomic mass is 16.5. The monoisotopic (exact) mass is 290 g/mol. The molecular weight excluding hydrogens is 264 g/mol. The van der Waals surface area contributed by atoms with Crippen molar-refractivity contribution in [1.82, 2.24) is 10.2 Å². The summed E-state index contributed by atoms with van der Waals surface area (Å²) in [6.45, 7) is 3.73. The summed E-state index contributed by atoms with van der Waals surface area (Å²) in [4.78, 5) is 2.57. The number of nitrogens with zero attached hydrogens (tertiary/aromatic N) is 1. The number of hydrogen-bond donors (Lipinski definition) is 1. The Bertz CT molecular complexity index is 467. The molecule has 0 aromatic carbocycles. The molecule has 3 aliphatic rings. The van der Waals surface area contributed by atoms with E-state index in [1.165, 1.54) is 38.5 Å². The Kier molecular flexibility index (Phi) is 4.01. The summed E-state index contributed by atoms with van der Waals surface area (Å²) in [7, 11) is 0. The number of nitrogens with one attached hydrogen (secondary N) is 1. The third kappa shape index (κ3) is 3.33. The summed E-state index contributed by atoms with van der Waals surface area (Å²) < 4.78 is 11.9. The van der Waals surface area contributed by atoms with Crippen LogP contribution in [0.15, 0.2) is 16.5 Å². The molecule has 1 N–H and O–H groups in total. The quantitative estimate of drug-likeness (QED) is 0.905. The molecule has 2 heterocycles. The molecule has 2 saturated carbocycles. The predicted octanol–water partition coefficient (Wildman–Crippen LogP) is 2.68. The molecule has 0 amide bonds. The van der Waals surface area contributed by atoms with Crippen LogP contribution >= 0.6 is 0 Å². The molecule has 4 rings (SSSR count). The number of fused-ring (bicyclic) bond motifs is 1. The van der Waals surface area contributed by atoms with Crippen LogP contribution in [-0.4, -0.2) is 36.2 Å². The number of morpholine rings is 1. The molecule has 1 aliphatic heterocycles. The molecule has 0 spiro atoms. The van der Waals surface area contributed by atoms with Crippen molar-refractivity contribution in [2.45, 2.75) is 69.8 Å². The van der Waals surface area contributed by atoms with E-state index >= 15 is 0 Å². The molecule has 2 unspecified atom stereocenters. The molecule has 116 valence electrons. The SMILES string of the molecule is c1cc(CN2CCOC3CCCCC32)oc1CNC1CC1. The van der Waals surface area contributed by atoms with Gasteiger partial charge < -0.3 is 14.5 Å². The highest BCUT2D eigenvalue weighted by Gasteiger charge is 2.34. The van der Waals surface area contributed by atoms with Crippen LogP contribution in [0.1, 0.15) is 50.0 Å². The normalized spacial score (nSPS) is 30.3. The first-order chi connectivity index (χ1) is 10.4. The van der Waals surface area contributed by atoms with Crippen LogP contribution in [-0.2, 0) is 17.8 Å². The zero-order chi connectivity index (χ0) is 14.1. The van der Waals surface area contributed by atoms with Crippen LogP contribution in [0.5, 0.6) is 0 Å². The van der Waals surface area contributed by atoms with Crippen LogP contribution in [0, 0.1) is 0 Å². The zero-order valence-corrected chi connectivity index (χ0v) is 12.7. The van der Waals surface area contributed by atoms with Gasteiger partial charge in [0.2, 0.25) is 0 Å². The van der Waals surface area contributed by atoms with E-state index in [1.54, 1.807) is 0 Å². The maximum atomic E-state index is 6.00. The largest absolute Gasteiger partial charge is 0.463 e. The summed E-state index contributed by atoms with van der Waals surface area (Å²) >= 11 is 0. The van der Waals surface area contributed by atoms with Gasteiger partial charge in [-0.05, 0) is 37.8 Å². The van der Waals surface area contributed by atoms with E-state index in [-0.39, 0.29) is 0 Å². The van der Waals surface area contributed by atoms with Crippen LogP contribution < -0.4 is 5.32 Å². The fraction of sp³-hybridized carbons (Fsp3) is 0.765. The fourth-order valence-corrected chi connectivity index (χ4v) is 3.71. The van der Waals surface area contributed by atoms with Gasteiger partial charge in [-0.1, -0.05) is 12.8 Å². The van der Waals surface area contributed by atoms with Crippen LogP contribution in [0.4, 0.5) is 0 Å². The third-order valence-electron chi connectivity index (χ3n) is 5.07. The highest BCUT2D eigenvalue weighted by molar-refractivity contribution is 5.08. The van der Waals surface area contributed by atoms with E-state index in [4.69, 9.17) is 9.15 Å². The van der Waals surface area contributed by atoms with Gasteiger partial charge in [0.05, 0.1) is 25.8 Å². The molecule has 2 aliphatic carbocycles. The standard InChI is InChI=1S/C17H26N2O2/c1-2-4-17-16(3-1)19(9-10-20-17)12-15-8-7-14(21-15)11-18-13-5-6-13/h7-8,13,16-18H,1-6,9-12H2.